The Morgan fingerprint density at radius 3 is 2.75 bits per heavy atom. The van der Waals surface area contributed by atoms with Crippen LogP contribution in [0.4, 0.5) is 0 Å². The quantitative estimate of drug-likeness (QED) is 0.241. The van der Waals surface area contributed by atoms with Gasteiger partial charge in [-0.2, -0.15) is 0 Å². The van der Waals surface area contributed by atoms with Crippen LogP contribution >= 0.6 is 0 Å². The van der Waals surface area contributed by atoms with Gasteiger partial charge in [-0.25, -0.2) is 5.43 Å². The zero-order valence-corrected chi connectivity index (χ0v) is 5.05. The third-order valence-electron chi connectivity index (χ3n) is 0.817. The number of hydrogen-bond donors (Lipinski definition) is 2. The zero-order valence-electron chi connectivity index (χ0n) is 5.05. The maximum absolute atomic E-state index is 5.05. The van der Waals surface area contributed by atoms with Gasteiger partial charge in [0, 0.05) is 0 Å². The van der Waals surface area contributed by atoms with Gasteiger partial charge in [-0.3, -0.25) is 5.84 Å². The normalized spacial score (nSPS) is 12.8. The van der Waals surface area contributed by atoms with Crippen LogP contribution < -0.4 is 11.3 Å². The average molecular weight is 116 g/mol. The van der Waals surface area contributed by atoms with Gasteiger partial charge in [0.05, 0.1) is 6.26 Å². The minimum Gasteiger partial charge on any atom is -0.482 e. The number of ether oxygens (including phenoxy) is 1. The molecule has 3 nitrogen and oxygen atoms in total. The average Bonchev–Trinajstić information content (AvgIpc) is 1.83. The molecule has 0 radical (unpaired) electrons. The van der Waals surface area contributed by atoms with Crippen LogP contribution in [0, 0.1) is 0 Å². The Morgan fingerprint density at radius 2 is 2.62 bits per heavy atom. The third kappa shape index (κ3) is 2.60. The Morgan fingerprint density at radius 1 is 2.00 bits per heavy atom. The molecule has 0 aromatic rings. The highest BCUT2D eigenvalue weighted by Crippen LogP contribution is 1.89. The van der Waals surface area contributed by atoms with Gasteiger partial charge < -0.3 is 4.74 Å². The van der Waals surface area contributed by atoms with Gasteiger partial charge in [0.2, 0.25) is 0 Å². The molecule has 0 fully saturated rings. The highest BCUT2D eigenvalue weighted by atomic mass is 16.5. The van der Waals surface area contributed by atoms with Crippen molar-refractivity contribution in [2.45, 2.75) is 19.6 Å². The molecule has 3 N–H and O–H groups in total. The van der Waals surface area contributed by atoms with E-state index in [4.69, 9.17) is 10.6 Å². The standard InChI is InChI=1S/C5H12N2O/c1-3-5(7-6)8-4-2/h4-5,7H,2-3,6H2,1H3. The molecule has 0 aliphatic rings. The number of hydrazine groups is 1. The number of nitrogens with one attached hydrogen (secondary N) is 1. The summed E-state index contributed by atoms with van der Waals surface area (Å²) < 4.78 is 4.87. The lowest BCUT2D eigenvalue weighted by atomic mass is 10.4. The maximum atomic E-state index is 5.05. The van der Waals surface area contributed by atoms with Crippen molar-refractivity contribution in [1.82, 2.24) is 5.43 Å². The van der Waals surface area contributed by atoms with Gasteiger partial charge in [0.25, 0.3) is 0 Å². The van der Waals surface area contributed by atoms with Gasteiger partial charge in [-0.1, -0.05) is 13.5 Å². The predicted molar refractivity (Wildman–Crippen MR) is 32.7 cm³/mol. The van der Waals surface area contributed by atoms with Crippen molar-refractivity contribution in [3.05, 3.63) is 12.8 Å². The molecule has 0 aromatic carbocycles. The molecule has 0 rings (SSSR count). The molecule has 0 amide bonds. The van der Waals surface area contributed by atoms with Crippen molar-refractivity contribution < 1.29 is 4.74 Å². The van der Waals surface area contributed by atoms with E-state index in [1.807, 2.05) is 6.92 Å². The summed E-state index contributed by atoms with van der Waals surface area (Å²) in [5, 5.41) is 0. The van der Waals surface area contributed by atoms with Crippen LogP contribution in [0.5, 0.6) is 0 Å². The zero-order chi connectivity index (χ0) is 6.41. The summed E-state index contributed by atoms with van der Waals surface area (Å²) in [6, 6.07) is 0. The number of nitrogens with two attached hydrogens (primary N) is 1. The van der Waals surface area contributed by atoms with E-state index in [0.717, 1.165) is 6.42 Å². The van der Waals surface area contributed by atoms with Crippen LogP contribution in [0.15, 0.2) is 12.8 Å². The molecule has 0 bridgehead atoms. The maximum Gasteiger partial charge on any atom is 0.160 e. The second-order valence-electron chi connectivity index (χ2n) is 1.37. The molecule has 0 spiro atoms. The lowest BCUT2D eigenvalue weighted by Gasteiger charge is -2.11. The molecule has 0 saturated heterocycles. The Kier molecular flexibility index (Phi) is 4.30. The van der Waals surface area contributed by atoms with Crippen LogP contribution in [0.3, 0.4) is 0 Å². The molecule has 0 saturated carbocycles. The monoisotopic (exact) mass is 116 g/mol. The molecule has 0 heterocycles. The molecular weight excluding hydrogens is 104 g/mol. The van der Waals surface area contributed by atoms with E-state index in [1.54, 1.807) is 0 Å². The topological polar surface area (TPSA) is 47.3 Å². The minimum absolute atomic E-state index is 0.0903. The first kappa shape index (κ1) is 7.46. The molecule has 3 heteroatoms. The first-order valence-corrected chi connectivity index (χ1v) is 2.57. The summed E-state index contributed by atoms with van der Waals surface area (Å²) >= 11 is 0. The van der Waals surface area contributed by atoms with E-state index >= 15 is 0 Å². The summed E-state index contributed by atoms with van der Waals surface area (Å²) in [6.07, 6.45) is 2.11. The summed E-state index contributed by atoms with van der Waals surface area (Å²) in [5.41, 5.74) is 2.46. The van der Waals surface area contributed by atoms with E-state index < -0.39 is 0 Å². The summed E-state index contributed by atoms with van der Waals surface area (Å²) in [5.74, 6) is 5.05. The molecule has 1 atom stereocenters. The van der Waals surface area contributed by atoms with Crippen molar-refractivity contribution in [2.24, 2.45) is 5.84 Å². The molecule has 1 unspecified atom stereocenters. The Labute approximate surface area is 49.5 Å². The van der Waals surface area contributed by atoms with Gasteiger partial charge in [-0.15, -0.1) is 0 Å². The molecule has 48 valence electrons. The van der Waals surface area contributed by atoms with Crippen molar-refractivity contribution in [3.8, 4) is 0 Å². The fourth-order valence-corrected chi connectivity index (χ4v) is 0.370. The van der Waals surface area contributed by atoms with Crippen LogP contribution in [-0.2, 0) is 4.74 Å². The summed E-state index contributed by atoms with van der Waals surface area (Å²) in [7, 11) is 0. The van der Waals surface area contributed by atoms with Crippen molar-refractivity contribution in [2.75, 3.05) is 0 Å². The van der Waals surface area contributed by atoms with Crippen LogP contribution in [0.2, 0.25) is 0 Å². The van der Waals surface area contributed by atoms with Gasteiger partial charge in [0.15, 0.2) is 6.23 Å². The van der Waals surface area contributed by atoms with E-state index in [9.17, 15) is 0 Å². The smallest absolute Gasteiger partial charge is 0.160 e. The molecule has 8 heavy (non-hydrogen) atoms. The highest BCUT2D eigenvalue weighted by Gasteiger charge is 1.96. The molecule has 0 aliphatic carbocycles. The fraction of sp³-hybridized carbons (Fsp3) is 0.600. The largest absolute Gasteiger partial charge is 0.482 e. The summed E-state index contributed by atoms with van der Waals surface area (Å²) in [6.45, 7) is 5.34. The lowest BCUT2D eigenvalue weighted by Crippen LogP contribution is -2.35. The van der Waals surface area contributed by atoms with E-state index in [1.165, 1.54) is 6.26 Å². The Balaban J connectivity index is 3.20. The van der Waals surface area contributed by atoms with Gasteiger partial charge >= 0.3 is 0 Å². The molecular formula is C5H12N2O. The van der Waals surface area contributed by atoms with Crippen LogP contribution in [-0.4, -0.2) is 6.23 Å². The molecule has 0 aliphatic heterocycles. The van der Waals surface area contributed by atoms with Crippen molar-refractivity contribution in [3.63, 3.8) is 0 Å². The first-order chi connectivity index (χ1) is 3.85. The minimum atomic E-state index is -0.0903. The van der Waals surface area contributed by atoms with Crippen LogP contribution in [0.1, 0.15) is 13.3 Å². The van der Waals surface area contributed by atoms with Gasteiger partial charge in [-0.05, 0) is 6.42 Å². The second-order valence-corrected chi connectivity index (χ2v) is 1.37. The third-order valence-corrected chi connectivity index (χ3v) is 0.817. The molecule has 0 aromatic heterocycles. The fourth-order valence-electron chi connectivity index (χ4n) is 0.370. The Bertz CT molecular complexity index is 61.4. The van der Waals surface area contributed by atoms with Crippen LogP contribution in [0.25, 0.3) is 0 Å². The van der Waals surface area contributed by atoms with Crippen molar-refractivity contribution in [1.29, 1.82) is 0 Å². The first-order valence-electron chi connectivity index (χ1n) is 2.57. The second kappa shape index (κ2) is 4.61. The summed E-state index contributed by atoms with van der Waals surface area (Å²) in [4.78, 5) is 0. The van der Waals surface area contributed by atoms with Gasteiger partial charge in [0.1, 0.15) is 0 Å². The number of rotatable bonds is 4. The Hall–Kier alpha value is -0.540. The van der Waals surface area contributed by atoms with E-state index in [2.05, 4.69) is 12.0 Å². The predicted octanol–water partition coefficient (Wildman–Crippen LogP) is 0.346. The SMILES string of the molecule is C=COC(CC)NN. The van der Waals surface area contributed by atoms with Crippen molar-refractivity contribution >= 4 is 0 Å². The van der Waals surface area contributed by atoms with E-state index in [0.29, 0.717) is 0 Å². The lowest BCUT2D eigenvalue weighted by molar-refractivity contribution is 0.109. The highest BCUT2D eigenvalue weighted by molar-refractivity contribution is 4.54. The van der Waals surface area contributed by atoms with E-state index in [-0.39, 0.29) is 6.23 Å². The number of hydrogen-bond acceptors (Lipinski definition) is 3.